The van der Waals surface area contributed by atoms with Crippen LogP contribution in [0.1, 0.15) is 67.6 Å². The molecule has 0 saturated heterocycles. The van der Waals surface area contributed by atoms with Gasteiger partial charge in [-0.3, -0.25) is 4.79 Å². The normalized spacial score (nSPS) is 19.0. The van der Waals surface area contributed by atoms with Gasteiger partial charge in [-0.1, -0.05) is 43.2 Å². The number of amides is 1. The fourth-order valence-electron chi connectivity index (χ4n) is 3.71. The molecule has 1 heterocycles. The number of carbonyl (C=O) groups is 1. The van der Waals surface area contributed by atoms with E-state index in [2.05, 4.69) is 20.1 Å². The number of hydrogen-bond donors (Lipinski definition) is 1. The van der Waals surface area contributed by atoms with E-state index in [4.69, 9.17) is 0 Å². The van der Waals surface area contributed by atoms with Gasteiger partial charge in [0, 0.05) is 12.1 Å². The van der Waals surface area contributed by atoms with E-state index in [1.165, 1.54) is 43.2 Å². The van der Waals surface area contributed by atoms with E-state index >= 15 is 0 Å². The summed E-state index contributed by atoms with van der Waals surface area (Å²) >= 11 is 1.42. The summed E-state index contributed by atoms with van der Waals surface area (Å²) in [5, 5.41) is 12.1. The highest BCUT2D eigenvalue weighted by molar-refractivity contribution is 8.00. The number of hydrogen-bond acceptors (Lipinski definition) is 4. The Morgan fingerprint density at radius 2 is 1.85 bits per heavy atom. The fraction of sp³-hybridized carbons (Fsp3) is 0.550. The van der Waals surface area contributed by atoms with Crippen molar-refractivity contribution in [3.05, 3.63) is 41.5 Å². The van der Waals surface area contributed by atoms with Crippen molar-refractivity contribution in [2.24, 2.45) is 0 Å². The predicted octanol–water partition coefficient (Wildman–Crippen LogP) is 4.34. The summed E-state index contributed by atoms with van der Waals surface area (Å²) in [6.45, 7) is 1.98. The predicted molar refractivity (Wildman–Crippen MR) is 103 cm³/mol. The largest absolute Gasteiger partial charge is 0.352 e. The van der Waals surface area contributed by atoms with Gasteiger partial charge >= 0.3 is 0 Å². The molecule has 0 radical (unpaired) electrons. The van der Waals surface area contributed by atoms with Crippen LogP contribution in [-0.4, -0.2) is 26.7 Å². The molecular formula is C20H25FN4OS. The molecule has 2 fully saturated rings. The van der Waals surface area contributed by atoms with Gasteiger partial charge in [-0.25, -0.2) is 4.39 Å². The average molecular weight is 389 g/mol. The second-order valence-electron chi connectivity index (χ2n) is 7.52. The smallest absolute Gasteiger partial charge is 0.238 e. The Hall–Kier alpha value is -1.89. The molecule has 144 valence electrons. The highest BCUT2D eigenvalue weighted by atomic mass is 32.2. The van der Waals surface area contributed by atoms with E-state index in [-0.39, 0.29) is 17.8 Å². The van der Waals surface area contributed by atoms with Crippen molar-refractivity contribution in [1.29, 1.82) is 0 Å². The van der Waals surface area contributed by atoms with Crippen LogP contribution >= 0.6 is 11.8 Å². The maximum Gasteiger partial charge on any atom is 0.238 e. The Kier molecular flexibility index (Phi) is 5.48. The second kappa shape index (κ2) is 8.00. The lowest BCUT2D eigenvalue weighted by molar-refractivity contribution is -0.120. The van der Waals surface area contributed by atoms with Crippen LogP contribution in [0.15, 0.2) is 29.4 Å². The summed E-state index contributed by atoms with van der Waals surface area (Å²) in [7, 11) is 0. The van der Waals surface area contributed by atoms with Gasteiger partial charge in [0.25, 0.3) is 0 Å². The highest BCUT2D eigenvalue weighted by Gasteiger charge is 2.31. The molecule has 1 aromatic carbocycles. The Morgan fingerprint density at radius 3 is 2.52 bits per heavy atom. The quantitative estimate of drug-likeness (QED) is 0.748. The molecule has 1 amide bonds. The first kappa shape index (κ1) is 18.5. The average Bonchev–Trinajstić information content (AvgIpc) is 3.42. The van der Waals surface area contributed by atoms with Crippen molar-refractivity contribution in [2.75, 3.05) is 0 Å². The summed E-state index contributed by atoms with van der Waals surface area (Å²) in [6, 6.07) is 6.87. The lowest BCUT2D eigenvalue weighted by atomic mass is 9.95. The van der Waals surface area contributed by atoms with Crippen LogP contribution in [0.2, 0.25) is 0 Å². The zero-order valence-corrected chi connectivity index (χ0v) is 16.3. The molecule has 5 nitrogen and oxygen atoms in total. The number of aryl methyl sites for hydroxylation is 1. The third-order valence-electron chi connectivity index (χ3n) is 5.33. The molecule has 0 aliphatic heterocycles. The van der Waals surface area contributed by atoms with Crippen molar-refractivity contribution in [1.82, 2.24) is 20.1 Å². The Balaban J connectivity index is 1.61. The molecule has 7 heteroatoms. The Bertz CT molecular complexity index is 797. The fourth-order valence-corrected chi connectivity index (χ4v) is 4.87. The molecule has 2 aliphatic carbocycles. The van der Waals surface area contributed by atoms with Crippen molar-refractivity contribution in [2.45, 2.75) is 74.4 Å². The molecule has 1 N–H and O–H groups in total. The van der Waals surface area contributed by atoms with Crippen LogP contribution in [0.4, 0.5) is 4.39 Å². The molecule has 1 atom stereocenters. The van der Waals surface area contributed by atoms with Gasteiger partial charge in [-0.05, 0) is 50.3 Å². The second-order valence-corrected chi connectivity index (χ2v) is 8.60. The minimum absolute atomic E-state index is 0.0371. The highest BCUT2D eigenvalue weighted by Crippen LogP contribution is 2.39. The van der Waals surface area contributed by atoms with Crippen LogP contribution in [0, 0.1) is 12.7 Å². The topological polar surface area (TPSA) is 59.8 Å². The standard InChI is InChI=1S/C20H25FN4OS/c1-13-23-24-20(25(13)17-5-3-2-4-6-17)27-18(19(26)22-16-11-12-16)14-7-9-15(21)10-8-14/h7-10,16-18H,2-6,11-12H2,1H3,(H,22,26). The van der Waals surface area contributed by atoms with Crippen molar-refractivity contribution >= 4 is 17.7 Å². The first-order valence-electron chi connectivity index (χ1n) is 9.76. The molecule has 2 aromatic rings. The Labute approximate surface area is 163 Å². The lowest BCUT2D eigenvalue weighted by Gasteiger charge is -2.26. The SMILES string of the molecule is Cc1nnc(SC(C(=O)NC2CC2)c2ccc(F)cc2)n1C1CCCCC1. The van der Waals surface area contributed by atoms with E-state index in [0.29, 0.717) is 6.04 Å². The molecular weight excluding hydrogens is 363 g/mol. The minimum atomic E-state index is -0.461. The van der Waals surface area contributed by atoms with Crippen LogP contribution in [0.5, 0.6) is 0 Å². The molecule has 4 rings (SSSR count). The molecule has 1 unspecified atom stereocenters. The summed E-state index contributed by atoms with van der Waals surface area (Å²) in [5.74, 6) is 0.557. The molecule has 27 heavy (non-hydrogen) atoms. The summed E-state index contributed by atoms with van der Waals surface area (Å²) in [5.41, 5.74) is 0.787. The summed E-state index contributed by atoms with van der Waals surface area (Å²) in [6.07, 6.45) is 8.03. The molecule has 2 saturated carbocycles. The molecule has 1 aromatic heterocycles. The van der Waals surface area contributed by atoms with Crippen molar-refractivity contribution < 1.29 is 9.18 Å². The van der Waals surface area contributed by atoms with Crippen molar-refractivity contribution in [3.8, 4) is 0 Å². The number of halogens is 1. The third-order valence-corrected chi connectivity index (χ3v) is 6.54. The number of thioether (sulfide) groups is 1. The minimum Gasteiger partial charge on any atom is -0.352 e. The molecule has 2 aliphatic rings. The van der Waals surface area contributed by atoms with Gasteiger partial charge in [-0.2, -0.15) is 0 Å². The lowest BCUT2D eigenvalue weighted by Crippen LogP contribution is -2.30. The van der Waals surface area contributed by atoms with E-state index in [9.17, 15) is 9.18 Å². The maximum absolute atomic E-state index is 13.4. The number of rotatable bonds is 6. The summed E-state index contributed by atoms with van der Waals surface area (Å²) in [4.78, 5) is 12.9. The molecule has 0 spiro atoms. The van der Waals surface area contributed by atoms with Crippen LogP contribution in [-0.2, 0) is 4.79 Å². The monoisotopic (exact) mass is 388 g/mol. The molecule has 0 bridgehead atoms. The van der Waals surface area contributed by atoms with E-state index in [1.54, 1.807) is 12.1 Å². The number of benzene rings is 1. The van der Waals surface area contributed by atoms with Gasteiger partial charge in [0.1, 0.15) is 16.9 Å². The van der Waals surface area contributed by atoms with Gasteiger partial charge in [0.2, 0.25) is 5.91 Å². The third kappa shape index (κ3) is 4.34. The number of aromatic nitrogens is 3. The first-order valence-corrected chi connectivity index (χ1v) is 10.6. The first-order chi connectivity index (χ1) is 13.1. The summed E-state index contributed by atoms with van der Waals surface area (Å²) < 4.78 is 15.6. The van der Waals surface area contributed by atoms with E-state index in [0.717, 1.165) is 42.2 Å². The number of nitrogens with zero attached hydrogens (tertiary/aromatic N) is 3. The zero-order chi connectivity index (χ0) is 18.8. The number of nitrogens with one attached hydrogen (secondary N) is 1. The van der Waals surface area contributed by atoms with Crippen LogP contribution in [0.3, 0.4) is 0 Å². The van der Waals surface area contributed by atoms with Gasteiger partial charge in [0.15, 0.2) is 5.16 Å². The van der Waals surface area contributed by atoms with Crippen LogP contribution < -0.4 is 5.32 Å². The van der Waals surface area contributed by atoms with E-state index in [1.807, 2.05) is 6.92 Å². The Morgan fingerprint density at radius 1 is 1.15 bits per heavy atom. The zero-order valence-electron chi connectivity index (χ0n) is 15.5. The van der Waals surface area contributed by atoms with Gasteiger partial charge < -0.3 is 9.88 Å². The number of carbonyl (C=O) groups excluding carboxylic acids is 1. The van der Waals surface area contributed by atoms with Crippen LogP contribution in [0.25, 0.3) is 0 Å². The van der Waals surface area contributed by atoms with Crippen molar-refractivity contribution in [3.63, 3.8) is 0 Å². The van der Waals surface area contributed by atoms with Gasteiger partial charge in [-0.15, -0.1) is 10.2 Å². The van der Waals surface area contributed by atoms with E-state index < -0.39 is 5.25 Å². The maximum atomic E-state index is 13.4. The van der Waals surface area contributed by atoms with Gasteiger partial charge in [0.05, 0.1) is 0 Å².